The maximum Gasteiger partial charge on any atom is 0.312 e. The fraction of sp³-hybridized carbons (Fsp3) is 0.444. The van der Waals surface area contributed by atoms with Crippen LogP contribution in [0.15, 0.2) is 15.9 Å². The second-order valence-corrected chi connectivity index (χ2v) is 5.60. The molecule has 0 saturated heterocycles. The molecule has 0 bridgehead atoms. The van der Waals surface area contributed by atoms with Gasteiger partial charge in [0, 0.05) is 24.0 Å². The Morgan fingerprint density at radius 2 is 2.33 bits per heavy atom. The Morgan fingerprint density at radius 3 is 2.87 bits per heavy atom. The molecule has 0 fully saturated rings. The Bertz CT molecular complexity index is 329. The number of nitrogens with one attached hydrogen (secondary N) is 2. The number of halogens is 1. The highest BCUT2D eigenvalue weighted by molar-refractivity contribution is 9.11. The fourth-order valence-electron chi connectivity index (χ4n) is 1.14. The Balaban J connectivity index is 2.24. The normalized spacial score (nSPS) is 12.4. The van der Waals surface area contributed by atoms with E-state index in [1.54, 1.807) is 11.3 Å². The highest BCUT2D eigenvalue weighted by Crippen LogP contribution is 2.26. The minimum absolute atomic E-state index is 0.288. The largest absolute Gasteiger partial charge is 0.352 e. The van der Waals surface area contributed by atoms with Gasteiger partial charge in [0.1, 0.15) is 0 Å². The lowest BCUT2D eigenvalue weighted by atomic mass is 10.3. The maximum absolute atomic E-state index is 10.4. The first kappa shape index (κ1) is 12.5. The molecule has 4 N–H and O–H groups in total. The molecule has 0 spiro atoms. The van der Waals surface area contributed by atoms with Crippen molar-refractivity contribution >= 4 is 33.3 Å². The zero-order valence-electron chi connectivity index (χ0n) is 8.42. The summed E-state index contributed by atoms with van der Waals surface area (Å²) >= 11 is 5.12. The summed E-state index contributed by atoms with van der Waals surface area (Å²) in [6.07, 6.45) is 0. The predicted octanol–water partition coefficient (Wildman–Crippen LogP) is 1.83. The number of nitrogens with two attached hydrogens (primary N) is 1. The molecule has 1 aromatic rings. The molecule has 4 nitrogen and oxygen atoms in total. The summed E-state index contributed by atoms with van der Waals surface area (Å²) < 4.78 is 1.13. The molecular formula is C9H14BrN3OS. The van der Waals surface area contributed by atoms with Crippen LogP contribution in [-0.2, 0) is 0 Å². The molecule has 0 aliphatic heterocycles. The second-order valence-electron chi connectivity index (χ2n) is 3.11. The molecule has 1 heterocycles. The van der Waals surface area contributed by atoms with Crippen molar-refractivity contribution in [3.63, 3.8) is 0 Å². The lowest BCUT2D eigenvalue weighted by molar-refractivity contribution is 0.249. The van der Waals surface area contributed by atoms with Gasteiger partial charge >= 0.3 is 6.03 Å². The molecule has 0 aliphatic carbocycles. The van der Waals surface area contributed by atoms with E-state index in [0.717, 1.165) is 3.79 Å². The molecule has 1 rings (SSSR count). The number of amides is 2. The first-order valence-electron chi connectivity index (χ1n) is 4.61. The van der Waals surface area contributed by atoms with Crippen LogP contribution in [0.25, 0.3) is 0 Å². The fourth-order valence-corrected chi connectivity index (χ4v) is 2.59. The Labute approximate surface area is 101 Å². The zero-order chi connectivity index (χ0) is 11.3. The summed E-state index contributed by atoms with van der Waals surface area (Å²) in [7, 11) is 0. The summed E-state index contributed by atoms with van der Waals surface area (Å²) in [5.41, 5.74) is 4.94. The topological polar surface area (TPSA) is 67.2 Å². The van der Waals surface area contributed by atoms with Crippen molar-refractivity contribution in [2.75, 3.05) is 13.1 Å². The highest BCUT2D eigenvalue weighted by Gasteiger charge is 2.06. The molecule has 0 aliphatic rings. The summed E-state index contributed by atoms with van der Waals surface area (Å²) in [5, 5.41) is 5.81. The number of urea groups is 1. The van der Waals surface area contributed by atoms with Crippen molar-refractivity contribution in [1.82, 2.24) is 10.6 Å². The third-order valence-corrected chi connectivity index (χ3v) is 3.70. The molecule has 1 atom stereocenters. The third kappa shape index (κ3) is 4.63. The third-order valence-electron chi connectivity index (χ3n) is 1.90. The van der Waals surface area contributed by atoms with E-state index in [0.29, 0.717) is 13.1 Å². The molecule has 0 radical (unpaired) electrons. The zero-order valence-corrected chi connectivity index (χ0v) is 10.8. The Kier molecular flexibility index (Phi) is 5.07. The first-order chi connectivity index (χ1) is 7.09. The maximum atomic E-state index is 10.4. The minimum Gasteiger partial charge on any atom is -0.352 e. The molecule has 1 aromatic heterocycles. The van der Waals surface area contributed by atoms with Crippen LogP contribution in [0.2, 0.25) is 0 Å². The SMILES string of the molecule is CC(NCCNC(N)=O)c1ccc(Br)s1. The van der Waals surface area contributed by atoms with Crippen LogP contribution in [0, 0.1) is 0 Å². The van der Waals surface area contributed by atoms with Crippen LogP contribution in [0.5, 0.6) is 0 Å². The van der Waals surface area contributed by atoms with Gasteiger partial charge in [-0.3, -0.25) is 0 Å². The van der Waals surface area contributed by atoms with Crippen molar-refractivity contribution in [3.8, 4) is 0 Å². The van der Waals surface area contributed by atoms with E-state index in [1.807, 2.05) is 6.07 Å². The summed E-state index contributed by atoms with van der Waals surface area (Å²) in [6, 6.07) is 3.91. The average molecular weight is 292 g/mol. The summed E-state index contributed by atoms with van der Waals surface area (Å²) in [4.78, 5) is 11.7. The number of primary amides is 1. The van der Waals surface area contributed by atoms with Gasteiger partial charge < -0.3 is 16.4 Å². The lowest BCUT2D eigenvalue weighted by Crippen LogP contribution is -2.35. The summed E-state index contributed by atoms with van der Waals surface area (Å²) in [6.45, 7) is 3.34. The molecule has 84 valence electrons. The van der Waals surface area contributed by atoms with E-state index in [4.69, 9.17) is 5.73 Å². The number of thiophene rings is 1. The first-order valence-corrected chi connectivity index (χ1v) is 6.22. The van der Waals surface area contributed by atoms with Gasteiger partial charge in [0.25, 0.3) is 0 Å². The predicted molar refractivity (Wildman–Crippen MR) is 66.0 cm³/mol. The molecule has 0 saturated carbocycles. The van der Waals surface area contributed by atoms with Crippen molar-refractivity contribution in [3.05, 3.63) is 20.8 Å². The molecule has 0 aromatic carbocycles. The van der Waals surface area contributed by atoms with Gasteiger partial charge in [-0.25, -0.2) is 4.79 Å². The lowest BCUT2D eigenvalue weighted by Gasteiger charge is -2.11. The van der Waals surface area contributed by atoms with Gasteiger partial charge in [0.05, 0.1) is 3.79 Å². The van der Waals surface area contributed by atoms with Crippen LogP contribution in [0.4, 0.5) is 4.79 Å². The molecule has 1 unspecified atom stereocenters. The average Bonchev–Trinajstić information content (AvgIpc) is 2.59. The van der Waals surface area contributed by atoms with Crippen molar-refractivity contribution in [2.45, 2.75) is 13.0 Å². The number of hydrogen-bond acceptors (Lipinski definition) is 3. The minimum atomic E-state index is -0.483. The highest BCUT2D eigenvalue weighted by atomic mass is 79.9. The number of carbonyl (C=O) groups is 1. The molecule has 2 amide bonds. The van der Waals surface area contributed by atoms with E-state index in [1.165, 1.54) is 4.88 Å². The van der Waals surface area contributed by atoms with Crippen LogP contribution >= 0.6 is 27.3 Å². The number of hydrogen-bond donors (Lipinski definition) is 3. The molecular weight excluding hydrogens is 278 g/mol. The number of carbonyl (C=O) groups excluding carboxylic acids is 1. The van der Waals surface area contributed by atoms with Gasteiger partial charge in [-0.05, 0) is 35.0 Å². The van der Waals surface area contributed by atoms with Crippen molar-refractivity contribution in [2.24, 2.45) is 5.73 Å². The Hall–Kier alpha value is -0.590. The van der Waals surface area contributed by atoms with Gasteiger partial charge in [-0.15, -0.1) is 11.3 Å². The summed E-state index contributed by atoms with van der Waals surface area (Å²) in [5.74, 6) is 0. The monoisotopic (exact) mass is 291 g/mol. The van der Waals surface area contributed by atoms with Gasteiger partial charge in [-0.2, -0.15) is 0 Å². The smallest absolute Gasteiger partial charge is 0.312 e. The van der Waals surface area contributed by atoms with Crippen LogP contribution < -0.4 is 16.4 Å². The number of rotatable bonds is 5. The van der Waals surface area contributed by atoms with Gasteiger partial charge in [0.15, 0.2) is 0 Å². The Morgan fingerprint density at radius 1 is 1.60 bits per heavy atom. The van der Waals surface area contributed by atoms with Gasteiger partial charge in [0.2, 0.25) is 0 Å². The van der Waals surface area contributed by atoms with Gasteiger partial charge in [-0.1, -0.05) is 0 Å². The van der Waals surface area contributed by atoms with Crippen LogP contribution in [-0.4, -0.2) is 19.1 Å². The van der Waals surface area contributed by atoms with Crippen molar-refractivity contribution in [1.29, 1.82) is 0 Å². The van der Waals surface area contributed by atoms with Crippen molar-refractivity contribution < 1.29 is 4.79 Å². The van der Waals surface area contributed by atoms with E-state index < -0.39 is 6.03 Å². The van der Waals surface area contributed by atoms with Crippen LogP contribution in [0.1, 0.15) is 17.8 Å². The van der Waals surface area contributed by atoms with Crippen LogP contribution in [0.3, 0.4) is 0 Å². The van der Waals surface area contributed by atoms with E-state index >= 15 is 0 Å². The second kappa shape index (κ2) is 6.09. The standard InChI is InChI=1S/C9H14BrN3OS/c1-6(7-2-3-8(10)15-7)12-4-5-13-9(11)14/h2-3,6,12H,4-5H2,1H3,(H3,11,13,14). The van der Waals surface area contributed by atoms with E-state index in [-0.39, 0.29) is 6.04 Å². The van der Waals surface area contributed by atoms with E-state index in [9.17, 15) is 4.79 Å². The molecule has 6 heteroatoms. The molecule has 15 heavy (non-hydrogen) atoms. The van der Waals surface area contributed by atoms with E-state index in [2.05, 4.69) is 39.6 Å². The quantitative estimate of drug-likeness (QED) is 0.725.